The molecule has 7 rings (SSSR count). The van der Waals surface area contributed by atoms with Gasteiger partial charge in [-0.2, -0.15) is 23.1 Å². The van der Waals surface area contributed by atoms with Crippen molar-refractivity contribution in [2.75, 3.05) is 56.5 Å². The molecule has 52 heavy (non-hydrogen) atoms. The lowest BCUT2D eigenvalue weighted by molar-refractivity contribution is -0.137. The Morgan fingerprint density at radius 1 is 1.19 bits per heavy atom. The predicted octanol–water partition coefficient (Wildman–Crippen LogP) is 5.79. The van der Waals surface area contributed by atoms with Gasteiger partial charge in [0.2, 0.25) is 6.54 Å². The van der Waals surface area contributed by atoms with Gasteiger partial charge in [-0.1, -0.05) is 0 Å². The summed E-state index contributed by atoms with van der Waals surface area (Å²) in [4.78, 5) is 38.5. The van der Waals surface area contributed by atoms with Crippen molar-refractivity contribution in [3.63, 3.8) is 0 Å². The number of hydrogen-bond acceptors (Lipinski definition) is 10. The molecule has 6 heterocycles. The summed E-state index contributed by atoms with van der Waals surface area (Å²) in [6.07, 6.45) is -0.549. The highest BCUT2D eigenvalue weighted by Crippen LogP contribution is 2.42. The van der Waals surface area contributed by atoms with Crippen molar-refractivity contribution in [1.82, 2.24) is 29.7 Å². The zero-order valence-corrected chi connectivity index (χ0v) is 28.2. The number of hydrogen-bond donors (Lipinski definition) is 1. The molecule has 1 amide bonds. The summed E-state index contributed by atoms with van der Waals surface area (Å²) >= 11 is 1.15. The zero-order valence-electron chi connectivity index (χ0n) is 27.4. The van der Waals surface area contributed by atoms with Crippen molar-refractivity contribution < 1.29 is 35.9 Å². The molecular formula is C34H31F6N9O2S. The molecule has 3 aliphatic rings. The first kappa shape index (κ1) is 35.4. The highest BCUT2D eigenvalue weighted by Gasteiger charge is 2.49. The van der Waals surface area contributed by atoms with Crippen LogP contribution < -0.4 is 15.4 Å². The molecule has 3 aromatic heterocycles. The fourth-order valence-electron chi connectivity index (χ4n) is 7.36. The first-order valence-corrected chi connectivity index (χ1v) is 17.3. The highest BCUT2D eigenvalue weighted by atomic mass is 32.1. The summed E-state index contributed by atoms with van der Waals surface area (Å²) in [5, 5.41) is 1.95. The van der Waals surface area contributed by atoms with E-state index in [1.165, 1.54) is 11.1 Å². The van der Waals surface area contributed by atoms with Crippen LogP contribution in [0, 0.1) is 12.4 Å². The fourth-order valence-corrected chi connectivity index (χ4v) is 7.91. The van der Waals surface area contributed by atoms with Gasteiger partial charge in [-0.15, -0.1) is 11.3 Å². The van der Waals surface area contributed by atoms with Crippen molar-refractivity contribution in [2.45, 2.75) is 43.2 Å². The molecule has 0 aliphatic carbocycles. The maximum atomic E-state index is 16.6. The zero-order chi connectivity index (χ0) is 36.8. The summed E-state index contributed by atoms with van der Waals surface area (Å²) in [7, 11) is 0. The van der Waals surface area contributed by atoms with Gasteiger partial charge in [0.15, 0.2) is 11.6 Å². The van der Waals surface area contributed by atoms with E-state index in [2.05, 4.69) is 24.8 Å². The number of rotatable bonds is 8. The number of piperazine rings is 1. The van der Waals surface area contributed by atoms with E-state index < -0.39 is 63.8 Å². The van der Waals surface area contributed by atoms with Gasteiger partial charge in [0.05, 0.1) is 16.5 Å². The molecule has 3 saturated heterocycles. The third-order valence-corrected chi connectivity index (χ3v) is 10.5. The number of ether oxygens (including phenoxy) is 1. The Bertz CT molecular complexity index is 2070. The van der Waals surface area contributed by atoms with Crippen molar-refractivity contribution in [2.24, 2.45) is 0 Å². The van der Waals surface area contributed by atoms with Crippen LogP contribution >= 0.6 is 11.3 Å². The second kappa shape index (κ2) is 13.8. The average Bonchev–Trinajstić information content (AvgIpc) is 3.83. The number of alkyl halides is 4. The first-order chi connectivity index (χ1) is 24.9. The van der Waals surface area contributed by atoms with E-state index in [1.807, 2.05) is 4.90 Å². The minimum absolute atomic E-state index is 0.0152. The topological polar surface area (TPSA) is 118 Å². The predicted molar refractivity (Wildman–Crippen MR) is 181 cm³/mol. The lowest BCUT2D eigenvalue weighted by atomic mass is 9.95. The second-order valence-electron chi connectivity index (χ2n) is 13.0. The quantitative estimate of drug-likeness (QED) is 0.104. The molecule has 3 fully saturated rings. The molecule has 2 N–H and O–H groups in total. The molecule has 18 heteroatoms. The molecule has 1 aromatic carbocycles. The van der Waals surface area contributed by atoms with E-state index in [9.17, 15) is 22.4 Å². The largest absolute Gasteiger partial charge is 0.461 e. The smallest absolute Gasteiger partial charge is 0.417 e. The molecule has 0 saturated carbocycles. The number of nitrogens with zero attached hydrogens (tertiary/aromatic N) is 8. The molecule has 0 spiro atoms. The minimum atomic E-state index is -4.86. The summed E-state index contributed by atoms with van der Waals surface area (Å²) in [5.41, 5.74) is 2.36. The third-order valence-electron chi connectivity index (χ3n) is 9.73. The van der Waals surface area contributed by atoms with E-state index >= 15 is 8.78 Å². The average molecular weight is 744 g/mol. The van der Waals surface area contributed by atoms with E-state index in [-0.39, 0.29) is 68.7 Å². The van der Waals surface area contributed by atoms with Crippen LogP contribution in [0.5, 0.6) is 6.01 Å². The normalized spacial score (nSPS) is 22.5. The lowest BCUT2D eigenvalue weighted by Gasteiger charge is -2.39. The molecule has 272 valence electrons. The van der Waals surface area contributed by atoms with Gasteiger partial charge in [0.25, 0.3) is 5.91 Å². The number of nitrogens with two attached hydrogens (primary N) is 1. The maximum absolute atomic E-state index is 16.6. The summed E-state index contributed by atoms with van der Waals surface area (Å²) in [5.74, 6) is -3.09. The number of carbonyl (C=O) groups is 1. The molecular weight excluding hydrogens is 712 g/mol. The number of carbonyl (C=O) groups excluding carboxylic acids is 1. The van der Waals surface area contributed by atoms with E-state index in [0.29, 0.717) is 18.0 Å². The Morgan fingerprint density at radius 3 is 2.77 bits per heavy atom. The Labute approximate surface area is 297 Å². The van der Waals surface area contributed by atoms with Crippen molar-refractivity contribution >= 4 is 45.7 Å². The molecule has 4 aromatic rings. The van der Waals surface area contributed by atoms with Crippen LogP contribution in [0.25, 0.3) is 33.1 Å². The lowest BCUT2D eigenvalue weighted by Crippen LogP contribution is -2.56. The first-order valence-electron chi connectivity index (χ1n) is 16.4. The van der Waals surface area contributed by atoms with E-state index in [1.54, 1.807) is 10.3 Å². The maximum Gasteiger partial charge on any atom is 0.417 e. The number of pyridine rings is 1. The van der Waals surface area contributed by atoms with Gasteiger partial charge < -0.3 is 25.1 Å². The van der Waals surface area contributed by atoms with Gasteiger partial charge in [-0.3, -0.25) is 14.7 Å². The van der Waals surface area contributed by atoms with Crippen LogP contribution in [0.2, 0.25) is 0 Å². The molecule has 3 atom stereocenters. The molecule has 0 unspecified atom stereocenters. The van der Waals surface area contributed by atoms with Gasteiger partial charge in [-0.25, -0.2) is 24.7 Å². The fraction of sp³-hybridized carbons (Fsp3) is 0.412. The monoisotopic (exact) mass is 743 g/mol. The van der Waals surface area contributed by atoms with Crippen molar-refractivity contribution in [3.8, 4) is 17.3 Å². The SMILES string of the molecule is [C-]#[N+]C[C@H]1CN(c2nc(OC[C@@]34CCCN3C[C@H](F)C4)nc3c(F)c(-c4cc(N)ccc4C(F)(F)F)ncc23)CCN1C(=O)/C(F)=C/c1nccs1. The number of benzene rings is 1. The Hall–Kier alpha value is -5.02. The Morgan fingerprint density at radius 2 is 2.02 bits per heavy atom. The van der Waals surface area contributed by atoms with Crippen LogP contribution in [0.15, 0.2) is 41.8 Å². The van der Waals surface area contributed by atoms with Crippen LogP contribution in [0.4, 0.5) is 37.8 Å². The second-order valence-corrected chi connectivity index (χ2v) is 13.9. The number of halogens is 6. The molecule has 0 bridgehead atoms. The van der Waals surface area contributed by atoms with Crippen LogP contribution in [-0.2, 0) is 11.0 Å². The van der Waals surface area contributed by atoms with Gasteiger partial charge in [0, 0.05) is 67.7 Å². The Kier molecular flexibility index (Phi) is 9.42. The molecule has 3 aliphatic heterocycles. The highest BCUT2D eigenvalue weighted by molar-refractivity contribution is 7.10. The Balaban J connectivity index is 1.28. The van der Waals surface area contributed by atoms with Gasteiger partial charge in [0.1, 0.15) is 40.9 Å². The number of amides is 1. The number of anilines is 2. The van der Waals surface area contributed by atoms with E-state index in [0.717, 1.165) is 48.2 Å². The number of nitrogen functional groups attached to an aromatic ring is 1. The number of fused-ring (bicyclic) bond motifs is 2. The number of aromatic nitrogens is 4. The van der Waals surface area contributed by atoms with Gasteiger partial charge in [-0.05, 0) is 37.6 Å². The minimum Gasteiger partial charge on any atom is -0.461 e. The standard InChI is InChI=1S/C34H31F6N9O2S/c1-42-14-21-17-47(8-9-49(21)31(50)25(36)12-26-43-6-10-52-26)30-23-15-44-28(22-11-20(41)3-4-24(22)34(38,39)40)27(37)29(23)45-32(46-30)51-18-33-5-2-7-48(33)16-19(35)13-33/h3-4,6,10-12,15,19,21H,2,5,7-9,13-14,16-18,41H2/b25-12-/t19-,21+,33+/m1/s1. The summed E-state index contributed by atoms with van der Waals surface area (Å²) in [6, 6.07) is 1.65. The number of thiazole rings is 1. The molecule has 0 radical (unpaired) electrons. The van der Waals surface area contributed by atoms with Crippen LogP contribution in [0.3, 0.4) is 0 Å². The van der Waals surface area contributed by atoms with Crippen molar-refractivity contribution in [1.29, 1.82) is 0 Å². The van der Waals surface area contributed by atoms with Crippen LogP contribution in [-0.4, -0.2) is 99.3 Å². The van der Waals surface area contributed by atoms with Crippen molar-refractivity contribution in [3.05, 3.63) is 69.6 Å². The summed E-state index contributed by atoms with van der Waals surface area (Å²) in [6.45, 7) is 8.20. The van der Waals surface area contributed by atoms with Gasteiger partial charge >= 0.3 is 12.2 Å². The van der Waals surface area contributed by atoms with E-state index in [4.69, 9.17) is 17.0 Å². The summed E-state index contributed by atoms with van der Waals surface area (Å²) < 4.78 is 94.3. The third kappa shape index (κ3) is 6.70. The molecule has 11 nitrogen and oxygen atoms in total. The van der Waals surface area contributed by atoms with Crippen LogP contribution in [0.1, 0.15) is 29.8 Å².